The molecule has 0 spiro atoms. The van der Waals surface area contributed by atoms with Gasteiger partial charge in [-0.25, -0.2) is 4.39 Å². The zero-order valence-corrected chi connectivity index (χ0v) is 13.9. The molecule has 0 aromatic heterocycles. The molecule has 3 heteroatoms. The van der Waals surface area contributed by atoms with Gasteiger partial charge in [-0.1, -0.05) is 30.7 Å². The smallest absolute Gasteiger partial charge is 0.132 e. The van der Waals surface area contributed by atoms with Crippen LogP contribution in [0.4, 0.5) is 4.39 Å². The lowest BCUT2D eigenvalue weighted by Gasteiger charge is -2.27. The lowest BCUT2D eigenvalue weighted by Crippen LogP contribution is -2.22. The highest BCUT2D eigenvalue weighted by Gasteiger charge is 2.27. The van der Waals surface area contributed by atoms with Crippen LogP contribution >= 0.6 is 0 Å². The molecule has 2 nitrogen and oxygen atoms in total. The number of aryl methyl sites for hydroxylation is 1. The average Bonchev–Trinajstić information content (AvgIpc) is 2.55. The molecular weight excluding hydrogens is 291 g/mol. The highest BCUT2D eigenvalue weighted by molar-refractivity contribution is 5.78. The van der Waals surface area contributed by atoms with Gasteiger partial charge >= 0.3 is 0 Å². The lowest BCUT2D eigenvalue weighted by atomic mass is 9.78. The van der Waals surface area contributed by atoms with E-state index in [0.29, 0.717) is 18.5 Å². The predicted molar refractivity (Wildman–Crippen MR) is 91.9 cm³/mol. The number of aliphatic hydroxyl groups is 1. The van der Waals surface area contributed by atoms with Crippen molar-refractivity contribution in [3.8, 4) is 0 Å². The van der Waals surface area contributed by atoms with Crippen molar-refractivity contribution < 1.29 is 14.3 Å². The first-order chi connectivity index (χ1) is 11.0. The minimum atomic E-state index is 0.0615. The zero-order chi connectivity index (χ0) is 16.8. The summed E-state index contributed by atoms with van der Waals surface area (Å²) in [4.78, 5) is 11.6. The molecule has 2 rings (SSSR count). The van der Waals surface area contributed by atoms with E-state index in [1.165, 1.54) is 6.08 Å². The second-order valence-corrected chi connectivity index (χ2v) is 6.50. The Morgan fingerprint density at radius 3 is 2.78 bits per heavy atom. The Morgan fingerprint density at radius 2 is 2.09 bits per heavy atom. The summed E-state index contributed by atoms with van der Waals surface area (Å²) in [5.41, 5.74) is 3.04. The molecule has 1 aromatic carbocycles. The first-order valence-corrected chi connectivity index (χ1v) is 8.27. The Hall–Kier alpha value is -1.90. The van der Waals surface area contributed by atoms with Crippen molar-refractivity contribution in [3.05, 3.63) is 53.1 Å². The van der Waals surface area contributed by atoms with Gasteiger partial charge in [0.25, 0.3) is 0 Å². The second-order valence-electron chi connectivity index (χ2n) is 6.50. The van der Waals surface area contributed by atoms with Crippen molar-refractivity contribution in [2.45, 2.75) is 46.0 Å². The third kappa shape index (κ3) is 4.78. The molecule has 0 heterocycles. The van der Waals surface area contributed by atoms with E-state index in [4.69, 9.17) is 0 Å². The molecule has 1 aliphatic carbocycles. The van der Waals surface area contributed by atoms with Gasteiger partial charge in [0.2, 0.25) is 0 Å². The predicted octanol–water partition coefficient (Wildman–Crippen LogP) is 5.32. The molecule has 2 atom stereocenters. The molecule has 0 bridgehead atoms. The summed E-state index contributed by atoms with van der Waals surface area (Å²) in [5, 5.41) is 10.5. The number of hydrogen-bond donors (Lipinski definition) is 1. The van der Waals surface area contributed by atoms with Gasteiger partial charge in [0.1, 0.15) is 5.78 Å². The Kier molecular flexibility index (Phi) is 6.14. The lowest BCUT2D eigenvalue weighted by molar-refractivity contribution is -0.122. The van der Waals surface area contributed by atoms with E-state index in [1.54, 1.807) is 6.92 Å². The standard InChI is InChI=1S/C20H25FO2/c1-14-8-9-16(5-4-10-21)11-19(14)13-20(23)18-7-3-6-17(12-18)15(2)22/h4,8-11,13,17-18,23H,3,5-7,12H2,1-2H3/b10-4+,20-13-. The summed E-state index contributed by atoms with van der Waals surface area (Å²) in [7, 11) is 0. The molecule has 0 radical (unpaired) electrons. The molecule has 0 saturated heterocycles. The van der Waals surface area contributed by atoms with Crippen LogP contribution < -0.4 is 0 Å². The molecule has 0 aliphatic heterocycles. The molecule has 23 heavy (non-hydrogen) atoms. The number of allylic oxidation sites excluding steroid dienone is 2. The fourth-order valence-corrected chi connectivity index (χ4v) is 3.26. The van der Waals surface area contributed by atoms with Crippen LogP contribution in [0.15, 0.2) is 36.4 Å². The summed E-state index contributed by atoms with van der Waals surface area (Å²) in [6.07, 6.45) is 7.94. The van der Waals surface area contributed by atoms with E-state index in [1.807, 2.05) is 31.2 Å². The van der Waals surface area contributed by atoms with Gasteiger partial charge in [0.15, 0.2) is 0 Å². The van der Waals surface area contributed by atoms with Gasteiger partial charge in [0.05, 0.1) is 12.1 Å². The summed E-state index contributed by atoms with van der Waals surface area (Å²) < 4.78 is 12.2. The van der Waals surface area contributed by atoms with Crippen molar-refractivity contribution in [2.75, 3.05) is 0 Å². The number of benzene rings is 1. The van der Waals surface area contributed by atoms with Crippen LogP contribution in [-0.4, -0.2) is 10.9 Å². The van der Waals surface area contributed by atoms with Crippen molar-refractivity contribution in [1.29, 1.82) is 0 Å². The van der Waals surface area contributed by atoms with E-state index in [2.05, 4.69) is 0 Å². The summed E-state index contributed by atoms with van der Waals surface area (Å²) in [6, 6.07) is 5.94. The SMILES string of the molecule is CC(=O)C1CCCC(/C(O)=C/c2cc(C/C=C/F)ccc2C)C1. The van der Waals surface area contributed by atoms with Gasteiger partial charge in [-0.2, -0.15) is 0 Å². The molecule has 1 aliphatic rings. The Morgan fingerprint density at radius 1 is 1.35 bits per heavy atom. The minimum absolute atomic E-state index is 0.0615. The number of Topliss-reactive ketones (excluding diaryl/α,β-unsaturated/α-hetero) is 1. The van der Waals surface area contributed by atoms with E-state index in [9.17, 15) is 14.3 Å². The topological polar surface area (TPSA) is 37.3 Å². The molecule has 2 unspecified atom stereocenters. The van der Waals surface area contributed by atoms with E-state index in [-0.39, 0.29) is 17.6 Å². The van der Waals surface area contributed by atoms with Gasteiger partial charge in [-0.15, -0.1) is 0 Å². The molecular formula is C20H25FO2. The van der Waals surface area contributed by atoms with Crippen molar-refractivity contribution in [2.24, 2.45) is 11.8 Å². The Labute approximate surface area is 137 Å². The number of carbonyl (C=O) groups excluding carboxylic acids is 1. The van der Waals surface area contributed by atoms with Crippen LogP contribution in [0, 0.1) is 18.8 Å². The number of hydrogen-bond acceptors (Lipinski definition) is 2. The van der Waals surface area contributed by atoms with Crippen LogP contribution in [0.25, 0.3) is 6.08 Å². The van der Waals surface area contributed by atoms with E-state index < -0.39 is 0 Å². The minimum Gasteiger partial charge on any atom is -0.512 e. The van der Waals surface area contributed by atoms with E-state index >= 15 is 0 Å². The first kappa shape index (κ1) is 17.5. The molecule has 0 amide bonds. The van der Waals surface area contributed by atoms with Gasteiger partial charge in [0, 0.05) is 11.8 Å². The fraction of sp³-hybridized carbons (Fsp3) is 0.450. The van der Waals surface area contributed by atoms with Crippen molar-refractivity contribution >= 4 is 11.9 Å². The second kappa shape index (κ2) is 8.09. The van der Waals surface area contributed by atoms with Crippen LogP contribution in [0.1, 0.15) is 49.3 Å². The van der Waals surface area contributed by atoms with Crippen molar-refractivity contribution in [3.63, 3.8) is 0 Å². The number of ketones is 1. The monoisotopic (exact) mass is 316 g/mol. The third-order valence-corrected chi connectivity index (χ3v) is 4.76. The van der Waals surface area contributed by atoms with Gasteiger partial charge in [-0.05, 0) is 62.3 Å². The fourth-order valence-electron chi connectivity index (χ4n) is 3.26. The maximum absolute atomic E-state index is 12.2. The van der Waals surface area contributed by atoms with Gasteiger partial charge in [-0.3, -0.25) is 4.79 Å². The number of carbonyl (C=O) groups is 1. The zero-order valence-electron chi connectivity index (χ0n) is 13.9. The average molecular weight is 316 g/mol. The highest BCUT2D eigenvalue weighted by atomic mass is 19.1. The Balaban J connectivity index is 2.17. The van der Waals surface area contributed by atoms with Crippen molar-refractivity contribution in [1.82, 2.24) is 0 Å². The molecule has 1 saturated carbocycles. The molecule has 1 aromatic rings. The number of rotatable bonds is 5. The highest BCUT2D eigenvalue weighted by Crippen LogP contribution is 2.34. The normalized spacial score (nSPS) is 22.5. The maximum Gasteiger partial charge on any atom is 0.132 e. The summed E-state index contributed by atoms with van der Waals surface area (Å²) in [6.45, 7) is 3.63. The summed E-state index contributed by atoms with van der Waals surface area (Å²) >= 11 is 0. The number of halogens is 1. The largest absolute Gasteiger partial charge is 0.512 e. The van der Waals surface area contributed by atoms with Crippen LogP contribution in [-0.2, 0) is 11.2 Å². The van der Waals surface area contributed by atoms with Crippen LogP contribution in [0.3, 0.4) is 0 Å². The van der Waals surface area contributed by atoms with Crippen LogP contribution in [0.2, 0.25) is 0 Å². The molecule has 1 N–H and O–H groups in total. The molecule has 1 fully saturated rings. The maximum atomic E-state index is 12.2. The Bertz CT molecular complexity index is 616. The quantitative estimate of drug-likeness (QED) is 0.747. The van der Waals surface area contributed by atoms with E-state index in [0.717, 1.165) is 42.4 Å². The number of aliphatic hydroxyl groups excluding tert-OH is 1. The van der Waals surface area contributed by atoms with Crippen LogP contribution in [0.5, 0.6) is 0 Å². The first-order valence-electron chi connectivity index (χ1n) is 8.27. The summed E-state index contributed by atoms with van der Waals surface area (Å²) in [5.74, 6) is 0.716. The third-order valence-electron chi connectivity index (χ3n) is 4.76. The molecule has 124 valence electrons. The van der Waals surface area contributed by atoms with Gasteiger partial charge < -0.3 is 5.11 Å².